The van der Waals surface area contributed by atoms with Gasteiger partial charge >= 0.3 is 0 Å². The van der Waals surface area contributed by atoms with E-state index in [4.69, 9.17) is 0 Å². The Balaban J connectivity index is 2.08. The Labute approximate surface area is 149 Å². The molecule has 4 heteroatoms. The summed E-state index contributed by atoms with van der Waals surface area (Å²) in [5.41, 5.74) is 3.74. The maximum absolute atomic E-state index is 12.6. The maximum Gasteiger partial charge on any atom is 0.236 e. The molecule has 0 spiro atoms. The van der Waals surface area contributed by atoms with Crippen LogP contribution in [0.15, 0.2) is 48.5 Å². The van der Waals surface area contributed by atoms with E-state index < -0.39 is 0 Å². The molecule has 25 heavy (non-hydrogen) atoms. The summed E-state index contributed by atoms with van der Waals surface area (Å²) in [4.78, 5) is 26.6. The average molecular weight is 338 g/mol. The molecule has 0 aliphatic rings. The zero-order chi connectivity index (χ0) is 18.4. The van der Waals surface area contributed by atoms with Crippen LogP contribution < -0.4 is 10.2 Å². The molecule has 0 saturated heterocycles. The number of carbonyl (C=O) groups excluding carboxylic acids is 2. The quantitative estimate of drug-likeness (QED) is 0.788. The van der Waals surface area contributed by atoms with Crippen LogP contribution in [0.2, 0.25) is 0 Å². The zero-order valence-corrected chi connectivity index (χ0v) is 15.4. The van der Waals surface area contributed by atoms with Crippen LogP contribution in [-0.2, 0) is 9.59 Å². The highest BCUT2D eigenvalue weighted by Gasteiger charge is 2.18. The van der Waals surface area contributed by atoms with E-state index in [-0.39, 0.29) is 18.2 Å². The Morgan fingerprint density at radius 3 is 2.44 bits per heavy atom. The van der Waals surface area contributed by atoms with Gasteiger partial charge in [-0.3, -0.25) is 9.59 Å². The fraction of sp³-hybridized carbons (Fsp3) is 0.333. The van der Waals surface area contributed by atoms with Gasteiger partial charge in [0, 0.05) is 17.9 Å². The minimum absolute atomic E-state index is 0.172. The SMILES string of the molecule is CCN(C(=O)CC(=O)Nc1ccccc1C(C)C)c1cccc(C)c1. The largest absolute Gasteiger partial charge is 0.325 e. The van der Waals surface area contributed by atoms with Gasteiger partial charge in [0.25, 0.3) is 0 Å². The lowest BCUT2D eigenvalue weighted by atomic mass is 10.0. The molecular weight excluding hydrogens is 312 g/mol. The summed E-state index contributed by atoms with van der Waals surface area (Å²) >= 11 is 0. The van der Waals surface area contributed by atoms with E-state index in [9.17, 15) is 9.59 Å². The number of aryl methyl sites for hydroxylation is 1. The molecule has 2 aromatic rings. The molecule has 1 N–H and O–H groups in total. The fourth-order valence-corrected chi connectivity index (χ4v) is 2.84. The molecule has 2 amide bonds. The van der Waals surface area contributed by atoms with Crippen molar-refractivity contribution >= 4 is 23.2 Å². The first kappa shape index (κ1) is 18.7. The van der Waals surface area contributed by atoms with Gasteiger partial charge in [-0.2, -0.15) is 0 Å². The molecule has 2 rings (SSSR count). The van der Waals surface area contributed by atoms with Gasteiger partial charge in [0.1, 0.15) is 6.42 Å². The molecule has 0 saturated carbocycles. The van der Waals surface area contributed by atoms with Crippen molar-refractivity contribution in [3.05, 3.63) is 59.7 Å². The summed E-state index contributed by atoms with van der Waals surface area (Å²) in [5.74, 6) is -0.191. The van der Waals surface area contributed by atoms with Crippen LogP contribution in [0.4, 0.5) is 11.4 Å². The third-order valence-electron chi connectivity index (χ3n) is 4.10. The summed E-state index contributed by atoms with van der Waals surface area (Å²) in [5, 5.41) is 2.88. The number of nitrogens with one attached hydrogen (secondary N) is 1. The topological polar surface area (TPSA) is 49.4 Å². The molecule has 2 aromatic carbocycles. The second kappa shape index (κ2) is 8.47. The number of nitrogens with zero attached hydrogens (tertiary/aromatic N) is 1. The lowest BCUT2D eigenvalue weighted by Gasteiger charge is -2.21. The maximum atomic E-state index is 12.6. The highest BCUT2D eigenvalue weighted by molar-refractivity contribution is 6.09. The van der Waals surface area contributed by atoms with Crippen LogP contribution in [0, 0.1) is 6.92 Å². The third-order valence-corrected chi connectivity index (χ3v) is 4.10. The smallest absolute Gasteiger partial charge is 0.236 e. The number of hydrogen-bond donors (Lipinski definition) is 1. The normalized spacial score (nSPS) is 10.6. The van der Waals surface area contributed by atoms with Crippen molar-refractivity contribution in [1.82, 2.24) is 0 Å². The van der Waals surface area contributed by atoms with E-state index in [0.717, 1.165) is 22.5 Å². The molecule has 0 aliphatic carbocycles. The molecule has 0 fully saturated rings. The van der Waals surface area contributed by atoms with Gasteiger partial charge in [0.15, 0.2) is 0 Å². The van der Waals surface area contributed by atoms with Crippen molar-refractivity contribution < 1.29 is 9.59 Å². The van der Waals surface area contributed by atoms with Crippen molar-refractivity contribution in [1.29, 1.82) is 0 Å². The average Bonchev–Trinajstić information content (AvgIpc) is 2.55. The van der Waals surface area contributed by atoms with Gasteiger partial charge in [-0.05, 0) is 49.1 Å². The summed E-state index contributed by atoms with van der Waals surface area (Å²) < 4.78 is 0. The predicted octanol–water partition coefficient (Wildman–Crippen LogP) is 4.50. The molecule has 132 valence electrons. The van der Waals surface area contributed by atoms with E-state index in [2.05, 4.69) is 19.2 Å². The van der Waals surface area contributed by atoms with Gasteiger partial charge in [0.2, 0.25) is 11.8 Å². The van der Waals surface area contributed by atoms with Crippen LogP contribution >= 0.6 is 0 Å². The monoisotopic (exact) mass is 338 g/mol. The highest BCUT2D eigenvalue weighted by atomic mass is 16.2. The molecule has 0 radical (unpaired) electrons. The van der Waals surface area contributed by atoms with Gasteiger partial charge in [-0.1, -0.05) is 44.2 Å². The van der Waals surface area contributed by atoms with Gasteiger partial charge in [0.05, 0.1) is 0 Å². The number of anilines is 2. The highest BCUT2D eigenvalue weighted by Crippen LogP contribution is 2.24. The Morgan fingerprint density at radius 1 is 1.08 bits per heavy atom. The van der Waals surface area contributed by atoms with E-state index in [1.165, 1.54) is 0 Å². The number of para-hydroxylation sites is 1. The first-order valence-corrected chi connectivity index (χ1v) is 8.68. The Kier molecular flexibility index (Phi) is 6.34. The minimum atomic E-state index is -0.288. The van der Waals surface area contributed by atoms with E-state index in [1.54, 1.807) is 4.90 Å². The Bertz CT molecular complexity index is 753. The first-order valence-electron chi connectivity index (χ1n) is 8.68. The molecule has 0 unspecified atom stereocenters. The first-order chi connectivity index (χ1) is 11.9. The Hall–Kier alpha value is -2.62. The van der Waals surface area contributed by atoms with Crippen LogP contribution in [0.5, 0.6) is 0 Å². The Morgan fingerprint density at radius 2 is 1.80 bits per heavy atom. The lowest BCUT2D eigenvalue weighted by molar-refractivity contribution is -0.125. The fourth-order valence-electron chi connectivity index (χ4n) is 2.84. The molecule has 0 aromatic heterocycles. The summed E-state index contributed by atoms with van der Waals surface area (Å²) in [6, 6.07) is 15.4. The third kappa shape index (κ3) is 4.92. The van der Waals surface area contributed by atoms with Crippen LogP contribution in [0.3, 0.4) is 0 Å². The van der Waals surface area contributed by atoms with Crippen molar-refractivity contribution in [3.63, 3.8) is 0 Å². The number of carbonyl (C=O) groups is 2. The molecular formula is C21H26N2O2. The van der Waals surface area contributed by atoms with Crippen molar-refractivity contribution in [2.45, 2.75) is 40.0 Å². The zero-order valence-electron chi connectivity index (χ0n) is 15.4. The standard InChI is InChI=1S/C21H26N2O2/c1-5-23(17-10-8-9-16(4)13-17)21(25)14-20(24)22-19-12-7-6-11-18(19)15(2)3/h6-13,15H,5,14H2,1-4H3,(H,22,24). The van der Waals surface area contributed by atoms with Crippen LogP contribution in [0.1, 0.15) is 44.2 Å². The van der Waals surface area contributed by atoms with E-state index >= 15 is 0 Å². The predicted molar refractivity (Wildman–Crippen MR) is 103 cm³/mol. The van der Waals surface area contributed by atoms with Gasteiger partial charge < -0.3 is 10.2 Å². The van der Waals surface area contributed by atoms with E-state index in [0.29, 0.717) is 12.5 Å². The van der Waals surface area contributed by atoms with Crippen molar-refractivity contribution in [3.8, 4) is 0 Å². The van der Waals surface area contributed by atoms with Crippen molar-refractivity contribution in [2.24, 2.45) is 0 Å². The van der Waals surface area contributed by atoms with E-state index in [1.807, 2.05) is 62.4 Å². The summed E-state index contributed by atoms with van der Waals surface area (Å²) in [6.45, 7) is 8.57. The second-order valence-electron chi connectivity index (χ2n) is 6.44. The molecule has 0 bridgehead atoms. The number of amides is 2. The molecule has 0 atom stereocenters. The van der Waals surface area contributed by atoms with Gasteiger partial charge in [-0.25, -0.2) is 0 Å². The van der Waals surface area contributed by atoms with Crippen molar-refractivity contribution in [2.75, 3.05) is 16.8 Å². The second-order valence-corrected chi connectivity index (χ2v) is 6.44. The molecule has 4 nitrogen and oxygen atoms in total. The summed E-state index contributed by atoms with van der Waals surface area (Å²) in [7, 11) is 0. The number of hydrogen-bond acceptors (Lipinski definition) is 2. The van der Waals surface area contributed by atoms with Crippen LogP contribution in [0.25, 0.3) is 0 Å². The number of rotatable bonds is 6. The summed E-state index contributed by atoms with van der Waals surface area (Å²) in [6.07, 6.45) is -0.172. The van der Waals surface area contributed by atoms with Gasteiger partial charge in [-0.15, -0.1) is 0 Å². The minimum Gasteiger partial charge on any atom is -0.325 e. The molecule has 0 aliphatic heterocycles. The molecule has 0 heterocycles. The van der Waals surface area contributed by atoms with Crippen LogP contribution in [-0.4, -0.2) is 18.4 Å². The number of benzene rings is 2. The lowest BCUT2D eigenvalue weighted by Crippen LogP contribution is -2.33.